The maximum atomic E-state index is 4.25. The number of rotatable bonds is 1. The molecule has 2 rings (SSSR count). The largest absolute Gasteiger partial charge is 0.210 e. The van der Waals surface area contributed by atoms with Gasteiger partial charge < -0.3 is 0 Å². The fourth-order valence-corrected chi connectivity index (χ4v) is 2.69. The van der Waals surface area contributed by atoms with Crippen molar-refractivity contribution in [2.75, 3.05) is 0 Å². The van der Waals surface area contributed by atoms with Crippen molar-refractivity contribution >= 4 is 45.5 Å². The summed E-state index contributed by atoms with van der Waals surface area (Å²) in [6, 6.07) is 2.06. The van der Waals surface area contributed by atoms with E-state index >= 15 is 0 Å². The first-order valence-electron chi connectivity index (χ1n) is 2.88. The van der Waals surface area contributed by atoms with Crippen LogP contribution in [0.2, 0.25) is 0 Å². The zero-order valence-electron chi connectivity index (χ0n) is 5.32. The van der Waals surface area contributed by atoms with Crippen LogP contribution < -0.4 is 0 Å². The Morgan fingerprint density at radius 2 is 2.36 bits per heavy atom. The Bertz CT molecular complexity index is 341. The summed E-state index contributed by atoms with van der Waals surface area (Å²) in [5.74, 6) is 0. The van der Waals surface area contributed by atoms with Crippen molar-refractivity contribution < 1.29 is 0 Å². The van der Waals surface area contributed by atoms with E-state index in [2.05, 4.69) is 43.4 Å². The van der Waals surface area contributed by atoms with E-state index in [0.717, 1.165) is 8.84 Å². The van der Waals surface area contributed by atoms with Crippen LogP contribution in [0.15, 0.2) is 16.8 Å². The summed E-state index contributed by atoms with van der Waals surface area (Å²) in [6.45, 7) is 0. The Morgan fingerprint density at radius 1 is 1.45 bits per heavy atom. The molecule has 56 valence electrons. The lowest BCUT2D eigenvalue weighted by Crippen LogP contribution is -1.71. The van der Waals surface area contributed by atoms with Gasteiger partial charge in [0, 0.05) is 33.5 Å². The standard InChI is InChI=1S/C6H3IN2S2/c7-6-8-5(11-9-6)4-1-2-10-3-4/h1-3H. The summed E-state index contributed by atoms with van der Waals surface area (Å²) in [6.07, 6.45) is 0. The zero-order chi connectivity index (χ0) is 7.68. The van der Waals surface area contributed by atoms with E-state index in [1.54, 1.807) is 11.3 Å². The third-order valence-electron chi connectivity index (χ3n) is 1.17. The number of hydrogen-bond acceptors (Lipinski definition) is 4. The molecule has 0 aliphatic rings. The lowest BCUT2D eigenvalue weighted by molar-refractivity contribution is 1.25. The number of halogens is 1. The van der Waals surface area contributed by atoms with Gasteiger partial charge in [0.2, 0.25) is 3.83 Å². The summed E-state index contributed by atoms with van der Waals surface area (Å²) in [5, 5.41) is 5.14. The topological polar surface area (TPSA) is 25.8 Å². The summed E-state index contributed by atoms with van der Waals surface area (Å²) < 4.78 is 4.92. The third-order valence-corrected chi connectivity index (χ3v) is 3.43. The SMILES string of the molecule is Ic1nsc(-c2ccsc2)n1. The average molecular weight is 294 g/mol. The minimum absolute atomic E-state index is 0.828. The Balaban J connectivity index is 2.45. The van der Waals surface area contributed by atoms with Crippen molar-refractivity contribution in [1.82, 2.24) is 9.36 Å². The van der Waals surface area contributed by atoms with Crippen LogP contribution in [0.5, 0.6) is 0 Å². The maximum absolute atomic E-state index is 4.25. The Kier molecular flexibility index (Phi) is 2.19. The van der Waals surface area contributed by atoms with Crippen LogP contribution >= 0.6 is 45.5 Å². The van der Waals surface area contributed by atoms with Gasteiger partial charge in [-0.25, -0.2) is 4.98 Å². The molecule has 0 amide bonds. The minimum atomic E-state index is 0.828. The molecule has 5 heteroatoms. The molecule has 0 saturated heterocycles. The highest BCUT2D eigenvalue weighted by Gasteiger charge is 2.03. The quantitative estimate of drug-likeness (QED) is 0.756. The molecule has 0 N–H and O–H groups in total. The summed E-state index contributed by atoms with van der Waals surface area (Å²) in [7, 11) is 0. The summed E-state index contributed by atoms with van der Waals surface area (Å²) >= 11 is 5.24. The van der Waals surface area contributed by atoms with Crippen LogP contribution in [0.4, 0.5) is 0 Å². The highest BCUT2D eigenvalue weighted by atomic mass is 127. The Morgan fingerprint density at radius 3 is 2.91 bits per heavy atom. The van der Waals surface area contributed by atoms with Gasteiger partial charge in [0.25, 0.3) is 0 Å². The van der Waals surface area contributed by atoms with Crippen LogP contribution in [0.3, 0.4) is 0 Å². The fraction of sp³-hybridized carbons (Fsp3) is 0. The molecule has 2 aromatic heterocycles. The number of hydrogen-bond donors (Lipinski definition) is 0. The number of nitrogens with zero attached hydrogens (tertiary/aromatic N) is 2. The first-order chi connectivity index (χ1) is 5.36. The van der Waals surface area contributed by atoms with Crippen molar-refractivity contribution in [3.05, 3.63) is 20.7 Å². The molecule has 11 heavy (non-hydrogen) atoms. The monoisotopic (exact) mass is 294 g/mol. The predicted molar refractivity (Wildman–Crippen MR) is 55.9 cm³/mol. The van der Waals surface area contributed by atoms with Gasteiger partial charge in [-0.15, -0.1) is 0 Å². The normalized spacial score (nSPS) is 10.3. The molecule has 0 aliphatic heterocycles. The van der Waals surface area contributed by atoms with E-state index in [0.29, 0.717) is 0 Å². The molecular formula is C6H3IN2S2. The average Bonchev–Trinajstić information content (AvgIpc) is 2.55. The highest BCUT2D eigenvalue weighted by Crippen LogP contribution is 2.23. The van der Waals surface area contributed by atoms with E-state index in [9.17, 15) is 0 Å². The van der Waals surface area contributed by atoms with Crippen molar-refractivity contribution in [1.29, 1.82) is 0 Å². The minimum Gasteiger partial charge on any atom is -0.210 e. The van der Waals surface area contributed by atoms with Crippen LogP contribution in [-0.2, 0) is 0 Å². The molecule has 2 nitrogen and oxygen atoms in total. The molecular weight excluding hydrogens is 291 g/mol. The van der Waals surface area contributed by atoms with E-state index in [1.165, 1.54) is 17.1 Å². The van der Waals surface area contributed by atoms with Gasteiger partial charge in [-0.2, -0.15) is 15.7 Å². The van der Waals surface area contributed by atoms with Gasteiger partial charge in [0.05, 0.1) is 0 Å². The van der Waals surface area contributed by atoms with E-state index in [1.807, 2.05) is 5.38 Å². The van der Waals surface area contributed by atoms with Crippen molar-refractivity contribution in [2.24, 2.45) is 0 Å². The van der Waals surface area contributed by atoms with Crippen molar-refractivity contribution in [2.45, 2.75) is 0 Å². The second-order valence-corrected chi connectivity index (χ2v) is 4.38. The molecule has 0 radical (unpaired) electrons. The van der Waals surface area contributed by atoms with Crippen LogP contribution in [-0.4, -0.2) is 9.36 Å². The number of aromatic nitrogens is 2. The molecule has 0 spiro atoms. The summed E-state index contributed by atoms with van der Waals surface area (Å²) in [4.78, 5) is 4.25. The Labute approximate surface area is 85.6 Å². The predicted octanol–water partition coefficient (Wildman–Crippen LogP) is 2.87. The fourth-order valence-electron chi connectivity index (χ4n) is 0.709. The van der Waals surface area contributed by atoms with Gasteiger partial charge >= 0.3 is 0 Å². The second kappa shape index (κ2) is 3.16. The molecule has 0 saturated carbocycles. The van der Waals surface area contributed by atoms with Crippen LogP contribution in [0.1, 0.15) is 0 Å². The lowest BCUT2D eigenvalue weighted by Gasteiger charge is -1.82. The molecule has 0 unspecified atom stereocenters. The molecule has 2 heterocycles. The molecule has 0 aromatic carbocycles. The van der Waals surface area contributed by atoms with E-state index in [-0.39, 0.29) is 0 Å². The molecule has 2 aromatic rings. The Hall–Kier alpha value is -0.0100. The second-order valence-electron chi connectivity index (χ2n) is 1.88. The molecule has 0 aliphatic carbocycles. The van der Waals surface area contributed by atoms with Gasteiger partial charge in [-0.3, -0.25) is 0 Å². The van der Waals surface area contributed by atoms with Crippen molar-refractivity contribution in [3.8, 4) is 10.6 Å². The lowest BCUT2D eigenvalue weighted by atomic mass is 10.4. The first-order valence-corrected chi connectivity index (χ1v) is 5.67. The van der Waals surface area contributed by atoms with Crippen LogP contribution in [0, 0.1) is 3.83 Å². The molecule has 0 atom stereocenters. The van der Waals surface area contributed by atoms with Gasteiger partial charge in [-0.1, -0.05) is 0 Å². The van der Waals surface area contributed by atoms with E-state index < -0.39 is 0 Å². The highest BCUT2D eigenvalue weighted by molar-refractivity contribution is 14.1. The maximum Gasteiger partial charge on any atom is 0.203 e. The van der Waals surface area contributed by atoms with E-state index in [4.69, 9.17) is 0 Å². The summed E-state index contributed by atoms with van der Waals surface area (Å²) in [5.41, 5.74) is 1.18. The zero-order valence-corrected chi connectivity index (χ0v) is 9.11. The van der Waals surface area contributed by atoms with Gasteiger partial charge in [-0.05, 0) is 23.0 Å². The van der Waals surface area contributed by atoms with Crippen LogP contribution in [0.25, 0.3) is 10.6 Å². The van der Waals surface area contributed by atoms with Gasteiger partial charge in [0.1, 0.15) is 5.01 Å². The third kappa shape index (κ3) is 1.60. The van der Waals surface area contributed by atoms with Gasteiger partial charge in [0.15, 0.2) is 0 Å². The first kappa shape index (κ1) is 7.63. The number of thiophene rings is 1. The molecule has 0 fully saturated rings. The van der Waals surface area contributed by atoms with Crippen molar-refractivity contribution in [3.63, 3.8) is 0 Å². The smallest absolute Gasteiger partial charge is 0.203 e. The molecule has 0 bridgehead atoms.